The van der Waals surface area contributed by atoms with Crippen molar-refractivity contribution in [2.45, 2.75) is 0 Å². The van der Waals surface area contributed by atoms with E-state index in [0.717, 1.165) is 46.8 Å². The lowest BCUT2D eigenvalue weighted by atomic mass is 10.1. The Morgan fingerprint density at radius 1 is 1.05 bits per heavy atom. The lowest BCUT2D eigenvalue weighted by Gasteiger charge is -2.29. The molecular formula is C13H14FN3S2. The fourth-order valence-corrected chi connectivity index (χ4v) is 3.84. The maximum atomic E-state index is 12.9. The topological polar surface area (TPSA) is 28.0 Å². The Kier molecular flexibility index (Phi) is 4.08. The van der Waals surface area contributed by atoms with Crippen LogP contribution in [0.25, 0.3) is 0 Å². The Labute approximate surface area is 120 Å². The number of thioether (sulfide) groups is 2. The zero-order valence-electron chi connectivity index (χ0n) is 10.4. The molecule has 0 aromatic heterocycles. The summed E-state index contributed by atoms with van der Waals surface area (Å²) in [5.74, 6) is 2.90. The smallest absolute Gasteiger partial charge is 0.186 e. The van der Waals surface area contributed by atoms with Gasteiger partial charge >= 0.3 is 0 Å². The van der Waals surface area contributed by atoms with Crippen LogP contribution >= 0.6 is 23.5 Å². The minimum absolute atomic E-state index is 0.220. The molecule has 0 spiro atoms. The van der Waals surface area contributed by atoms with E-state index in [1.807, 2.05) is 11.8 Å². The van der Waals surface area contributed by atoms with Crippen molar-refractivity contribution in [3.8, 4) is 0 Å². The zero-order chi connectivity index (χ0) is 13.1. The highest BCUT2D eigenvalue weighted by atomic mass is 32.2. The van der Waals surface area contributed by atoms with Crippen LogP contribution in [0.1, 0.15) is 5.56 Å². The SMILES string of the molecule is Fc1ccc(C2=NN=C(N3CCSCC3)SC2)cc1. The molecule has 0 atom stereocenters. The molecule has 1 aromatic rings. The van der Waals surface area contributed by atoms with E-state index in [2.05, 4.69) is 15.1 Å². The maximum absolute atomic E-state index is 12.9. The van der Waals surface area contributed by atoms with Gasteiger partial charge in [-0.1, -0.05) is 23.9 Å². The Hall–Kier alpha value is -1.01. The standard InChI is InChI=1S/C13H14FN3S2/c14-11-3-1-10(2-4-11)12-9-19-13(16-15-12)17-5-7-18-8-6-17/h1-4H,5-9H2. The van der Waals surface area contributed by atoms with E-state index in [4.69, 9.17) is 0 Å². The van der Waals surface area contributed by atoms with Crippen LogP contribution in [0.3, 0.4) is 0 Å². The van der Waals surface area contributed by atoms with Crippen molar-refractivity contribution >= 4 is 34.4 Å². The first-order chi connectivity index (χ1) is 9.33. The van der Waals surface area contributed by atoms with Gasteiger partial charge in [-0.05, 0) is 17.7 Å². The number of benzene rings is 1. The van der Waals surface area contributed by atoms with E-state index >= 15 is 0 Å². The molecule has 6 heteroatoms. The van der Waals surface area contributed by atoms with Gasteiger partial charge < -0.3 is 4.90 Å². The van der Waals surface area contributed by atoms with Gasteiger partial charge in [0.25, 0.3) is 0 Å². The second-order valence-electron chi connectivity index (χ2n) is 4.32. The predicted molar refractivity (Wildman–Crippen MR) is 81.7 cm³/mol. The normalized spacial score (nSPS) is 19.9. The molecule has 3 rings (SSSR count). The first-order valence-corrected chi connectivity index (χ1v) is 8.33. The van der Waals surface area contributed by atoms with E-state index in [-0.39, 0.29) is 5.82 Å². The highest BCUT2D eigenvalue weighted by Gasteiger charge is 2.19. The highest BCUT2D eigenvalue weighted by molar-refractivity contribution is 8.14. The van der Waals surface area contributed by atoms with Crippen LogP contribution in [-0.2, 0) is 0 Å². The van der Waals surface area contributed by atoms with Crippen LogP contribution in [0.15, 0.2) is 34.5 Å². The first-order valence-electron chi connectivity index (χ1n) is 6.19. The van der Waals surface area contributed by atoms with Crippen LogP contribution in [0.2, 0.25) is 0 Å². The van der Waals surface area contributed by atoms with Crippen molar-refractivity contribution in [3.63, 3.8) is 0 Å². The predicted octanol–water partition coefficient (Wildman–Crippen LogP) is 2.68. The van der Waals surface area contributed by atoms with Crippen LogP contribution in [0.4, 0.5) is 4.39 Å². The summed E-state index contributed by atoms with van der Waals surface area (Å²) in [6.07, 6.45) is 0. The van der Waals surface area contributed by atoms with E-state index in [1.165, 1.54) is 12.1 Å². The molecule has 0 amide bonds. The van der Waals surface area contributed by atoms with Crippen LogP contribution in [0.5, 0.6) is 0 Å². The molecular weight excluding hydrogens is 281 g/mol. The van der Waals surface area contributed by atoms with Crippen molar-refractivity contribution in [1.29, 1.82) is 0 Å². The lowest BCUT2D eigenvalue weighted by molar-refractivity contribution is 0.470. The third kappa shape index (κ3) is 3.12. The van der Waals surface area contributed by atoms with Gasteiger partial charge in [-0.15, -0.1) is 5.10 Å². The number of hydrogen-bond acceptors (Lipinski definition) is 5. The molecule has 1 fully saturated rings. The molecule has 2 aliphatic rings. The molecule has 0 saturated carbocycles. The van der Waals surface area contributed by atoms with Crippen molar-refractivity contribution in [3.05, 3.63) is 35.6 Å². The lowest BCUT2D eigenvalue weighted by Crippen LogP contribution is -2.37. The van der Waals surface area contributed by atoms with E-state index in [0.29, 0.717) is 0 Å². The van der Waals surface area contributed by atoms with E-state index in [9.17, 15) is 4.39 Å². The van der Waals surface area contributed by atoms with E-state index < -0.39 is 0 Å². The second-order valence-corrected chi connectivity index (χ2v) is 6.49. The average molecular weight is 295 g/mol. The van der Waals surface area contributed by atoms with Crippen molar-refractivity contribution in [2.24, 2.45) is 10.2 Å². The van der Waals surface area contributed by atoms with Crippen molar-refractivity contribution in [2.75, 3.05) is 30.3 Å². The molecule has 2 heterocycles. The van der Waals surface area contributed by atoms with Gasteiger partial charge in [-0.25, -0.2) is 4.39 Å². The fourth-order valence-electron chi connectivity index (χ4n) is 1.99. The number of rotatable bonds is 1. The molecule has 0 bridgehead atoms. The minimum Gasteiger partial charge on any atom is -0.348 e. The number of amidine groups is 1. The molecule has 100 valence electrons. The maximum Gasteiger partial charge on any atom is 0.186 e. The van der Waals surface area contributed by atoms with Crippen molar-refractivity contribution < 1.29 is 4.39 Å². The largest absolute Gasteiger partial charge is 0.348 e. The molecule has 1 saturated heterocycles. The van der Waals surface area contributed by atoms with Gasteiger partial charge in [0.15, 0.2) is 5.17 Å². The summed E-state index contributed by atoms with van der Waals surface area (Å²) in [5.41, 5.74) is 1.87. The first kappa shape index (κ1) is 13.0. The zero-order valence-corrected chi connectivity index (χ0v) is 12.0. The molecule has 0 unspecified atom stereocenters. The van der Waals surface area contributed by atoms with Gasteiger partial charge in [0.05, 0.1) is 5.71 Å². The molecule has 1 aromatic carbocycles. The Balaban J connectivity index is 1.74. The Morgan fingerprint density at radius 2 is 1.79 bits per heavy atom. The number of nitrogens with zero attached hydrogens (tertiary/aromatic N) is 3. The number of halogens is 1. The summed E-state index contributed by atoms with van der Waals surface area (Å²) in [4.78, 5) is 2.30. The number of hydrogen-bond donors (Lipinski definition) is 0. The van der Waals surface area contributed by atoms with Gasteiger partial charge in [0.2, 0.25) is 0 Å². The molecule has 2 aliphatic heterocycles. The fraction of sp³-hybridized carbons (Fsp3) is 0.385. The van der Waals surface area contributed by atoms with Crippen molar-refractivity contribution in [1.82, 2.24) is 4.90 Å². The summed E-state index contributed by atoms with van der Waals surface area (Å²) >= 11 is 3.70. The summed E-state index contributed by atoms with van der Waals surface area (Å²) in [6.45, 7) is 2.11. The summed E-state index contributed by atoms with van der Waals surface area (Å²) in [6, 6.07) is 6.44. The average Bonchev–Trinajstić information content (AvgIpc) is 2.49. The Morgan fingerprint density at radius 3 is 2.42 bits per heavy atom. The second kappa shape index (κ2) is 5.96. The third-order valence-electron chi connectivity index (χ3n) is 3.05. The minimum atomic E-state index is -0.220. The van der Waals surface area contributed by atoms with Crippen LogP contribution in [0, 0.1) is 5.82 Å². The molecule has 19 heavy (non-hydrogen) atoms. The van der Waals surface area contributed by atoms with Gasteiger partial charge in [0.1, 0.15) is 5.82 Å². The quantitative estimate of drug-likeness (QED) is 0.797. The van der Waals surface area contributed by atoms with Gasteiger partial charge in [-0.2, -0.15) is 16.9 Å². The monoisotopic (exact) mass is 295 g/mol. The van der Waals surface area contributed by atoms with Crippen LogP contribution in [-0.4, -0.2) is 46.1 Å². The molecule has 0 radical (unpaired) electrons. The summed E-state index contributed by atoms with van der Waals surface area (Å²) in [5, 5.41) is 9.64. The third-order valence-corrected chi connectivity index (χ3v) is 5.01. The molecule has 3 nitrogen and oxygen atoms in total. The molecule has 0 N–H and O–H groups in total. The highest BCUT2D eigenvalue weighted by Crippen LogP contribution is 2.21. The van der Waals surface area contributed by atoms with Gasteiger partial charge in [0, 0.05) is 30.3 Å². The Bertz CT molecular complexity index is 507. The summed E-state index contributed by atoms with van der Waals surface area (Å²) < 4.78 is 12.9. The summed E-state index contributed by atoms with van der Waals surface area (Å²) in [7, 11) is 0. The van der Waals surface area contributed by atoms with Crippen LogP contribution < -0.4 is 0 Å². The van der Waals surface area contributed by atoms with Gasteiger partial charge in [-0.3, -0.25) is 0 Å². The molecule has 0 aliphatic carbocycles. The van der Waals surface area contributed by atoms with E-state index in [1.54, 1.807) is 23.9 Å².